The van der Waals surface area contributed by atoms with Crippen LogP contribution in [0.15, 0.2) is 71.2 Å². The van der Waals surface area contributed by atoms with Gasteiger partial charge in [0.05, 0.1) is 23.2 Å². The standard InChI is InChI=1S/C25H24N4O3S2/c1-17(19-9-10-20-21(14-19)32-12-11-31-20)26-23(30)16-34-25-28-27-24(22-8-5-13-33-22)29(25)15-18-6-3-2-4-7-18/h2-10,13-14,17H,11-12,15-16H2,1H3,(H,26,30). The van der Waals surface area contributed by atoms with Crippen molar-refractivity contribution in [1.82, 2.24) is 20.1 Å². The molecule has 4 aromatic rings. The van der Waals surface area contributed by atoms with Gasteiger partial charge in [0, 0.05) is 0 Å². The molecule has 1 N–H and O–H groups in total. The summed E-state index contributed by atoms with van der Waals surface area (Å²) in [6, 6.07) is 19.8. The maximum Gasteiger partial charge on any atom is 0.230 e. The zero-order chi connectivity index (χ0) is 23.3. The van der Waals surface area contributed by atoms with Gasteiger partial charge in [-0.05, 0) is 41.6 Å². The Morgan fingerprint density at radius 3 is 2.71 bits per heavy atom. The number of amides is 1. The number of fused-ring (bicyclic) bond motifs is 1. The van der Waals surface area contributed by atoms with E-state index in [0.29, 0.717) is 25.5 Å². The number of hydrogen-bond acceptors (Lipinski definition) is 7. The molecule has 34 heavy (non-hydrogen) atoms. The summed E-state index contributed by atoms with van der Waals surface area (Å²) >= 11 is 3.01. The van der Waals surface area contributed by atoms with E-state index >= 15 is 0 Å². The third-order valence-corrected chi connectivity index (χ3v) is 7.25. The SMILES string of the molecule is CC(NC(=O)CSc1nnc(-c2cccs2)n1Cc1ccccc1)c1ccc2c(c1)OCCO2. The van der Waals surface area contributed by atoms with Gasteiger partial charge in [-0.25, -0.2) is 0 Å². The third kappa shape index (κ3) is 5.10. The number of ether oxygens (including phenoxy) is 2. The van der Waals surface area contributed by atoms with E-state index in [2.05, 4.69) is 32.2 Å². The van der Waals surface area contributed by atoms with Crippen LogP contribution >= 0.6 is 23.1 Å². The molecule has 0 bridgehead atoms. The van der Waals surface area contributed by atoms with Crippen LogP contribution in [0.4, 0.5) is 0 Å². The lowest BCUT2D eigenvalue weighted by Crippen LogP contribution is -2.28. The number of carbonyl (C=O) groups excluding carboxylic acids is 1. The van der Waals surface area contributed by atoms with Crippen LogP contribution in [0, 0.1) is 0 Å². The van der Waals surface area contributed by atoms with Crippen LogP contribution in [-0.4, -0.2) is 39.6 Å². The molecular formula is C25H24N4O3S2. The first kappa shape index (κ1) is 22.5. The van der Waals surface area contributed by atoms with Gasteiger partial charge in [0.15, 0.2) is 22.5 Å². The molecule has 9 heteroatoms. The Balaban J connectivity index is 1.26. The molecule has 1 atom stereocenters. The molecule has 0 saturated heterocycles. The molecule has 7 nitrogen and oxygen atoms in total. The molecule has 5 rings (SSSR count). The summed E-state index contributed by atoms with van der Waals surface area (Å²) in [6.07, 6.45) is 0. The predicted octanol–water partition coefficient (Wildman–Crippen LogP) is 4.80. The molecule has 3 heterocycles. The van der Waals surface area contributed by atoms with E-state index in [1.807, 2.05) is 60.8 Å². The number of rotatable bonds is 8. The highest BCUT2D eigenvalue weighted by Crippen LogP contribution is 2.33. The Kier molecular flexibility index (Phi) is 6.82. The molecule has 2 aromatic heterocycles. The van der Waals surface area contributed by atoms with Gasteiger partial charge >= 0.3 is 0 Å². The zero-order valence-electron chi connectivity index (χ0n) is 18.6. The Bertz CT molecular complexity index is 1260. The molecule has 0 saturated carbocycles. The highest BCUT2D eigenvalue weighted by Gasteiger charge is 2.19. The van der Waals surface area contributed by atoms with Crippen LogP contribution in [0.5, 0.6) is 11.5 Å². The Morgan fingerprint density at radius 1 is 1.09 bits per heavy atom. The van der Waals surface area contributed by atoms with Crippen molar-refractivity contribution in [1.29, 1.82) is 0 Å². The van der Waals surface area contributed by atoms with Crippen LogP contribution in [0.3, 0.4) is 0 Å². The van der Waals surface area contributed by atoms with E-state index in [4.69, 9.17) is 9.47 Å². The number of thiophene rings is 1. The quantitative estimate of drug-likeness (QED) is 0.356. The minimum absolute atomic E-state index is 0.0701. The molecule has 0 spiro atoms. The normalized spacial score (nSPS) is 13.4. The van der Waals surface area contributed by atoms with Crippen molar-refractivity contribution in [2.45, 2.75) is 24.7 Å². The average Bonchev–Trinajstić information content (AvgIpc) is 3.53. The second-order valence-electron chi connectivity index (χ2n) is 7.84. The monoisotopic (exact) mass is 492 g/mol. The van der Waals surface area contributed by atoms with Crippen LogP contribution in [0.2, 0.25) is 0 Å². The average molecular weight is 493 g/mol. The van der Waals surface area contributed by atoms with Crippen molar-refractivity contribution in [2.24, 2.45) is 0 Å². The fourth-order valence-electron chi connectivity index (χ4n) is 3.72. The van der Waals surface area contributed by atoms with Crippen LogP contribution in [-0.2, 0) is 11.3 Å². The second kappa shape index (κ2) is 10.3. The van der Waals surface area contributed by atoms with Gasteiger partial charge in [0.2, 0.25) is 5.91 Å². The number of thioether (sulfide) groups is 1. The van der Waals surface area contributed by atoms with Crippen molar-refractivity contribution in [3.63, 3.8) is 0 Å². The van der Waals surface area contributed by atoms with Crippen LogP contribution in [0.25, 0.3) is 10.7 Å². The molecule has 1 amide bonds. The summed E-state index contributed by atoms with van der Waals surface area (Å²) in [7, 11) is 0. The van der Waals surface area contributed by atoms with Gasteiger partial charge < -0.3 is 14.8 Å². The second-order valence-corrected chi connectivity index (χ2v) is 9.73. The fourth-order valence-corrected chi connectivity index (χ4v) is 5.18. The lowest BCUT2D eigenvalue weighted by atomic mass is 10.1. The van der Waals surface area contributed by atoms with E-state index in [0.717, 1.165) is 32.7 Å². The van der Waals surface area contributed by atoms with Crippen molar-refractivity contribution in [3.05, 3.63) is 77.2 Å². The zero-order valence-corrected chi connectivity index (χ0v) is 20.3. The first-order valence-corrected chi connectivity index (χ1v) is 12.9. The number of hydrogen-bond donors (Lipinski definition) is 1. The summed E-state index contributed by atoms with van der Waals surface area (Å²) in [5.41, 5.74) is 2.12. The van der Waals surface area contributed by atoms with Gasteiger partial charge in [0.1, 0.15) is 13.2 Å². The Labute approximate surface area is 206 Å². The lowest BCUT2D eigenvalue weighted by molar-refractivity contribution is -0.119. The van der Waals surface area contributed by atoms with Crippen molar-refractivity contribution in [3.8, 4) is 22.2 Å². The lowest BCUT2D eigenvalue weighted by Gasteiger charge is -2.21. The molecule has 0 aliphatic carbocycles. The van der Waals surface area contributed by atoms with Crippen molar-refractivity contribution < 1.29 is 14.3 Å². The summed E-state index contributed by atoms with van der Waals surface area (Å²) in [5, 5.41) is 14.6. The summed E-state index contributed by atoms with van der Waals surface area (Å²) in [5.74, 6) is 2.44. The fraction of sp³-hybridized carbons (Fsp3) is 0.240. The maximum absolute atomic E-state index is 12.8. The largest absolute Gasteiger partial charge is 0.486 e. The van der Waals surface area contributed by atoms with E-state index < -0.39 is 0 Å². The number of benzene rings is 2. The molecule has 0 fully saturated rings. The Hall–Kier alpha value is -3.30. The van der Waals surface area contributed by atoms with Gasteiger partial charge in [-0.3, -0.25) is 9.36 Å². The minimum Gasteiger partial charge on any atom is -0.486 e. The summed E-state index contributed by atoms with van der Waals surface area (Å²) < 4.78 is 13.3. The molecule has 1 unspecified atom stereocenters. The van der Waals surface area contributed by atoms with E-state index in [1.165, 1.54) is 11.8 Å². The molecule has 1 aliphatic rings. The summed E-state index contributed by atoms with van der Waals surface area (Å²) in [6.45, 7) is 3.68. The van der Waals surface area contributed by atoms with Gasteiger partial charge in [-0.2, -0.15) is 0 Å². The summed E-state index contributed by atoms with van der Waals surface area (Å²) in [4.78, 5) is 13.8. The predicted molar refractivity (Wildman–Crippen MR) is 134 cm³/mol. The topological polar surface area (TPSA) is 78.3 Å². The highest BCUT2D eigenvalue weighted by molar-refractivity contribution is 7.99. The number of carbonyl (C=O) groups is 1. The maximum atomic E-state index is 12.8. The number of nitrogens with one attached hydrogen (secondary N) is 1. The number of aromatic nitrogens is 3. The van der Waals surface area contributed by atoms with E-state index in [9.17, 15) is 4.79 Å². The minimum atomic E-state index is -0.159. The van der Waals surface area contributed by atoms with Crippen molar-refractivity contribution >= 4 is 29.0 Å². The van der Waals surface area contributed by atoms with Crippen LogP contribution < -0.4 is 14.8 Å². The van der Waals surface area contributed by atoms with Gasteiger partial charge in [0.25, 0.3) is 0 Å². The first-order chi connectivity index (χ1) is 16.7. The number of nitrogens with zero attached hydrogens (tertiary/aromatic N) is 3. The molecular weight excluding hydrogens is 468 g/mol. The Morgan fingerprint density at radius 2 is 1.91 bits per heavy atom. The molecule has 2 aromatic carbocycles. The molecule has 0 radical (unpaired) electrons. The third-order valence-electron chi connectivity index (χ3n) is 5.42. The van der Waals surface area contributed by atoms with Crippen molar-refractivity contribution in [2.75, 3.05) is 19.0 Å². The smallest absolute Gasteiger partial charge is 0.230 e. The molecule has 174 valence electrons. The first-order valence-electron chi connectivity index (χ1n) is 11.0. The van der Waals surface area contributed by atoms with E-state index in [-0.39, 0.29) is 17.7 Å². The van der Waals surface area contributed by atoms with E-state index in [1.54, 1.807) is 11.3 Å². The van der Waals surface area contributed by atoms with Gasteiger partial charge in [-0.15, -0.1) is 21.5 Å². The van der Waals surface area contributed by atoms with Gasteiger partial charge in [-0.1, -0.05) is 54.2 Å². The highest BCUT2D eigenvalue weighted by atomic mass is 32.2. The van der Waals surface area contributed by atoms with Crippen LogP contribution in [0.1, 0.15) is 24.1 Å². The molecule has 1 aliphatic heterocycles.